The van der Waals surface area contributed by atoms with Gasteiger partial charge in [-0.3, -0.25) is 14.9 Å². The van der Waals surface area contributed by atoms with Crippen LogP contribution in [0.1, 0.15) is 38.2 Å². The predicted molar refractivity (Wildman–Crippen MR) is 84.9 cm³/mol. The van der Waals surface area contributed by atoms with E-state index in [1.807, 2.05) is 0 Å². The lowest BCUT2D eigenvalue weighted by Crippen LogP contribution is -2.15. The van der Waals surface area contributed by atoms with Gasteiger partial charge in [-0.2, -0.15) is 0 Å². The van der Waals surface area contributed by atoms with Crippen LogP contribution >= 0.6 is 11.6 Å². The first-order valence-electron chi connectivity index (χ1n) is 7.33. The van der Waals surface area contributed by atoms with Crippen LogP contribution in [0.5, 0.6) is 0 Å². The Morgan fingerprint density at radius 3 is 2.82 bits per heavy atom. The minimum Gasteiger partial charge on any atom is -0.466 e. The van der Waals surface area contributed by atoms with Gasteiger partial charge < -0.3 is 10.1 Å². The lowest BCUT2D eigenvalue weighted by molar-refractivity contribution is -0.384. The Hall–Kier alpha value is -1.66. The molecule has 0 saturated heterocycles. The Morgan fingerprint density at radius 1 is 1.36 bits per heavy atom. The molecule has 0 amide bonds. The van der Waals surface area contributed by atoms with Crippen molar-refractivity contribution in [3.8, 4) is 0 Å². The molecule has 0 bridgehead atoms. The maximum Gasteiger partial charge on any atom is 0.305 e. The molecule has 0 radical (unpaired) electrons. The van der Waals surface area contributed by atoms with Crippen LogP contribution in [0.3, 0.4) is 0 Å². The molecular formula is C15H21ClN2O4. The van der Waals surface area contributed by atoms with Crippen LogP contribution in [0.2, 0.25) is 5.02 Å². The van der Waals surface area contributed by atoms with Crippen molar-refractivity contribution in [1.82, 2.24) is 5.32 Å². The number of nitro groups is 1. The van der Waals surface area contributed by atoms with Crippen molar-refractivity contribution < 1.29 is 14.5 Å². The summed E-state index contributed by atoms with van der Waals surface area (Å²) in [5, 5.41) is 14.2. The van der Waals surface area contributed by atoms with Crippen LogP contribution < -0.4 is 5.32 Å². The highest BCUT2D eigenvalue weighted by molar-refractivity contribution is 6.32. The topological polar surface area (TPSA) is 81.5 Å². The number of hydrogen-bond acceptors (Lipinski definition) is 5. The van der Waals surface area contributed by atoms with Gasteiger partial charge in [0.1, 0.15) is 5.02 Å². The second-order valence-electron chi connectivity index (χ2n) is 4.84. The van der Waals surface area contributed by atoms with Gasteiger partial charge in [-0.05, 0) is 37.9 Å². The molecule has 0 saturated carbocycles. The molecule has 0 unspecified atom stereocenters. The summed E-state index contributed by atoms with van der Waals surface area (Å²) >= 11 is 5.76. The Morgan fingerprint density at radius 2 is 2.14 bits per heavy atom. The summed E-state index contributed by atoms with van der Waals surface area (Å²) in [5.74, 6) is -0.149. The van der Waals surface area contributed by atoms with Crippen LogP contribution in [0.4, 0.5) is 5.69 Å². The van der Waals surface area contributed by atoms with E-state index in [2.05, 4.69) is 5.32 Å². The number of ether oxygens (including phenoxy) is 1. The second-order valence-corrected chi connectivity index (χ2v) is 5.24. The van der Waals surface area contributed by atoms with Gasteiger partial charge in [0.25, 0.3) is 5.69 Å². The minimum absolute atomic E-state index is 0.0737. The number of nitro benzene ring substituents is 1. The van der Waals surface area contributed by atoms with Gasteiger partial charge in [0, 0.05) is 19.0 Å². The first-order chi connectivity index (χ1) is 10.5. The third-order valence-corrected chi connectivity index (χ3v) is 3.40. The zero-order chi connectivity index (χ0) is 16.4. The maximum absolute atomic E-state index is 11.1. The molecule has 0 spiro atoms. The number of esters is 1. The van der Waals surface area contributed by atoms with Gasteiger partial charge in [0.05, 0.1) is 11.5 Å². The van der Waals surface area contributed by atoms with E-state index in [0.29, 0.717) is 19.6 Å². The number of hydrogen-bond donors (Lipinski definition) is 1. The Kier molecular flexibility index (Phi) is 8.47. The smallest absolute Gasteiger partial charge is 0.305 e. The fourth-order valence-corrected chi connectivity index (χ4v) is 2.16. The summed E-state index contributed by atoms with van der Waals surface area (Å²) in [6.07, 6.45) is 3.14. The zero-order valence-electron chi connectivity index (χ0n) is 12.6. The molecule has 0 aliphatic heterocycles. The molecule has 6 nitrogen and oxygen atoms in total. The van der Waals surface area contributed by atoms with E-state index in [1.54, 1.807) is 13.0 Å². The summed E-state index contributed by atoms with van der Waals surface area (Å²) in [4.78, 5) is 21.4. The molecule has 0 aromatic heterocycles. The van der Waals surface area contributed by atoms with E-state index >= 15 is 0 Å². The van der Waals surface area contributed by atoms with Crippen molar-refractivity contribution >= 4 is 23.3 Å². The third-order valence-electron chi connectivity index (χ3n) is 3.08. The molecule has 0 aliphatic rings. The van der Waals surface area contributed by atoms with Crippen LogP contribution in [0.15, 0.2) is 18.2 Å². The number of carbonyl (C=O) groups is 1. The van der Waals surface area contributed by atoms with Gasteiger partial charge in [-0.15, -0.1) is 0 Å². The molecule has 1 aromatic rings. The van der Waals surface area contributed by atoms with Crippen LogP contribution in [-0.2, 0) is 16.1 Å². The van der Waals surface area contributed by atoms with Gasteiger partial charge in [-0.25, -0.2) is 0 Å². The van der Waals surface area contributed by atoms with Crippen molar-refractivity contribution in [1.29, 1.82) is 0 Å². The highest BCUT2D eigenvalue weighted by atomic mass is 35.5. The lowest BCUT2D eigenvalue weighted by atomic mass is 10.2. The number of benzene rings is 1. The number of nitrogens with one attached hydrogen (secondary N) is 1. The van der Waals surface area contributed by atoms with Crippen LogP contribution in [-0.4, -0.2) is 24.0 Å². The number of halogens is 1. The summed E-state index contributed by atoms with van der Waals surface area (Å²) in [6.45, 7) is 3.56. The average Bonchev–Trinajstić information content (AvgIpc) is 2.47. The van der Waals surface area contributed by atoms with E-state index < -0.39 is 4.92 Å². The predicted octanol–water partition coefficient (Wildman–Crippen LogP) is 3.46. The van der Waals surface area contributed by atoms with E-state index in [4.69, 9.17) is 16.3 Å². The third kappa shape index (κ3) is 6.87. The van der Waals surface area contributed by atoms with Crippen LogP contribution in [0, 0.1) is 10.1 Å². The molecule has 22 heavy (non-hydrogen) atoms. The summed E-state index contributed by atoms with van der Waals surface area (Å²) in [6, 6.07) is 4.79. The van der Waals surface area contributed by atoms with Gasteiger partial charge in [0.15, 0.2) is 0 Å². The summed E-state index contributed by atoms with van der Waals surface area (Å²) in [7, 11) is 0. The first-order valence-corrected chi connectivity index (χ1v) is 7.71. The van der Waals surface area contributed by atoms with E-state index in [0.717, 1.165) is 31.4 Å². The number of rotatable bonds is 10. The van der Waals surface area contributed by atoms with Gasteiger partial charge in [0.2, 0.25) is 0 Å². The lowest BCUT2D eigenvalue weighted by Gasteiger charge is -2.06. The average molecular weight is 329 g/mol. The molecular weight excluding hydrogens is 308 g/mol. The van der Waals surface area contributed by atoms with Crippen molar-refractivity contribution in [2.45, 2.75) is 39.2 Å². The Balaban J connectivity index is 2.19. The molecule has 0 aliphatic carbocycles. The largest absolute Gasteiger partial charge is 0.466 e. The standard InChI is InChI=1S/C15H21ClN2O4/c1-2-22-15(19)6-4-3-5-9-17-11-12-7-8-13(16)14(10-12)18(20)21/h7-8,10,17H,2-6,9,11H2,1H3. The van der Waals surface area contributed by atoms with Crippen molar-refractivity contribution in [3.05, 3.63) is 38.9 Å². The quantitative estimate of drug-likeness (QED) is 0.308. The van der Waals surface area contributed by atoms with E-state index in [9.17, 15) is 14.9 Å². The monoisotopic (exact) mass is 328 g/mol. The molecule has 1 aromatic carbocycles. The molecule has 0 heterocycles. The SMILES string of the molecule is CCOC(=O)CCCCCNCc1ccc(Cl)c([N+](=O)[O-])c1. The van der Waals surface area contributed by atoms with Gasteiger partial charge >= 0.3 is 5.97 Å². The summed E-state index contributed by atoms with van der Waals surface area (Å²) in [5.41, 5.74) is 0.748. The number of carbonyl (C=O) groups excluding carboxylic acids is 1. The first kappa shape index (κ1) is 18.4. The van der Waals surface area contributed by atoms with Crippen molar-refractivity contribution in [2.24, 2.45) is 0 Å². The Bertz CT molecular complexity index is 508. The normalized spacial score (nSPS) is 10.5. The van der Waals surface area contributed by atoms with E-state index in [1.165, 1.54) is 12.1 Å². The second kappa shape index (κ2) is 10.1. The molecule has 7 heteroatoms. The van der Waals surface area contributed by atoms with Crippen LogP contribution in [0.25, 0.3) is 0 Å². The fraction of sp³-hybridized carbons (Fsp3) is 0.533. The fourth-order valence-electron chi connectivity index (χ4n) is 1.97. The zero-order valence-corrected chi connectivity index (χ0v) is 13.4. The molecule has 122 valence electrons. The summed E-state index contributed by atoms with van der Waals surface area (Å²) < 4.78 is 4.85. The Labute approximate surface area is 134 Å². The number of unbranched alkanes of at least 4 members (excludes halogenated alkanes) is 2. The molecule has 0 atom stereocenters. The van der Waals surface area contributed by atoms with Crippen molar-refractivity contribution in [2.75, 3.05) is 13.2 Å². The van der Waals surface area contributed by atoms with Crippen molar-refractivity contribution in [3.63, 3.8) is 0 Å². The minimum atomic E-state index is -0.485. The van der Waals surface area contributed by atoms with E-state index in [-0.39, 0.29) is 16.7 Å². The molecule has 1 N–H and O–H groups in total. The highest BCUT2D eigenvalue weighted by Gasteiger charge is 2.12. The highest BCUT2D eigenvalue weighted by Crippen LogP contribution is 2.24. The molecule has 1 rings (SSSR count). The molecule has 0 fully saturated rings. The number of nitrogens with zero attached hydrogens (tertiary/aromatic N) is 1. The van der Waals surface area contributed by atoms with Gasteiger partial charge in [-0.1, -0.05) is 24.1 Å². The maximum atomic E-state index is 11.1.